The monoisotopic (exact) mass is 395 g/mol. The average Bonchev–Trinajstić information content (AvgIpc) is 2.89. The number of ether oxygens (including phenoxy) is 3. The molecule has 1 heterocycles. The van der Waals surface area contributed by atoms with Crippen LogP contribution in [0.15, 0.2) is 18.2 Å². The Morgan fingerprint density at radius 3 is 2.71 bits per heavy atom. The zero-order valence-electron chi connectivity index (χ0n) is 17.9. The maximum absolute atomic E-state index is 10.5. The number of nitrogens with zero attached hydrogens (tertiary/aromatic N) is 3. The van der Waals surface area contributed by atoms with Gasteiger partial charge in [-0.05, 0) is 51.3 Å². The Labute approximate surface area is 169 Å². The van der Waals surface area contributed by atoms with Crippen LogP contribution in [-0.4, -0.2) is 107 Å². The van der Waals surface area contributed by atoms with E-state index < -0.39 is 6.10 Å². The third kappa shape index (κ3) is 7.93. The van der Waals surface area contributed by atoms with Crippen LogP contribution in [0.1, 0.15) is 12.0 Å². The molecule has 7 heteroatoms. The quantitative estimate of drug-likeness (QED) is 0.603. The summed E-state index contributed by atoms with van der Waals surface area (Å²) in [5.41, 5.74) is 1.14. The summed E-state index contributed by atoms with van der Waals surface area (Å²) in [6.07, 6.45) is 0.609. The summed E-state index contributed by atoms with van der Waals surface area (Å²) in [4.78, 5) is 6.85. The van der Waals surface area contributed by atoms with Crippen molar-refractivity contribution in [3.05, 3.63) is 23.8 Å². The van der Waals surface area contributed by atoms with E-state index in [0.717, 1.165) is 51.3 Å². The van der Waals surface area contributed by atoms with Gasteiger partial charge in [-0.15, -0.1) is 0 Å². The first-order chi connectivity index (χ1) is 13.5. The molecule has 0 spiro atoms. The van der Waals surface area contributed by atoms with Crippen molar-refractivity contribution in [2.45, 2.75) is 19.1 Å². The standard InChI is InChI=1S/C21H37N3O4/c1-22-8-5-9-24(11-10-22)16-19(25)17-28-21-14-18(6-7-20(21)27-4)15-23(2)12-13-26-3/h6-7,14,19,25H,5,8-13,15-17H2,1-4H3. The van der Waals surface area contributed by atoms with E-state index in [1.54, 1.807) is 14.2 Å². The molecule has 0 amide bonds. The van der Waals surface area contributed by atoms with Gasteiger partial charge in [0, 0.05) is 39.8 Å². The first-order valence-electron chi connectivity index (χ1n) is 10.1. The maximum atomic E-state index is 10.5. The summed E-state index contributed by atoms with van der Waals surface area (Å²) in [6, 6.07) is 5.96. The molecule has 1 saturated heterocycles. The van der Waals surface area contributed by atoms with Gasteiger partial charge in [-0.25, -0.2) is 0 Å². The van der Waals surface area contributed by atoms with Crippen molar-refractivity contribution in [3.8, 4) is 11.5 Å². The van der Waals surface area contributed by atoms with Gasteiger partial charge in [0.05, 0.1) is 13.7 Å². The molecular formula is C21H37N3O4. The number of aliphatic hydroxyl groups excluding tert-OH is 1. The zero-order valence-corrected chi connectivity index (χ0v) is 17.9. The third-order valence-corrected chi connectivity index (χ3v) is 5.07. The molecule has 28 heavy (non-hydrogen) atoms. The largest absolute Gasteiger partial charge is 0.493 e. The second kappa shape index (κ2) is 12.2. The van der Waals surface area contributed by atoms with Crippen molar-refractivity contribution in [3.63, 3.8) is 0 Å². The Balaban J connectivity index is 1.87. The number of rotatable bonds is 11. The lowest BCUT2D eigenvalue weighted by atomic mass is 10.2. The highest BCUT2D eigenvalue weighted by Gasteiger charge is 2.17. The summed E-state index contributed by atoms with van der Waals surface area (Å²) in [5.74, 6) is 1.36. The van der Waals surface area contributed by atoms with Crippen LogP contribution in [0.25, 0.3) is 0 Å². The topological polar surface area (TPSA) is 57.6 Å². The fraction of sp³-hybridized carbons (Fsp3) is 0.714. The Hall–Kier alpha value is -1.38. The molecule has 7 nitrogen and oxygen atoms in total. The van der Waals surface area contributed by atoms with Gasteiger partial charge in [0.2, 0.25) is 0 Å². The van der Waals surface area contributed by atoms with Crippen LogP contribution in [0.2, 0.25) is 0 Å². The van der Waals surface area contributed by atoms with Crippen molar-refractivity contribution in [2.24, 2.45) is 0 Å². The van der Waals surface area contributed by atoms with Crippen LogP contribution in [0.3, 0.4) is 0 Å². The van der Waals surface area contributed by atoms with Crippen LogP contribution < -0.4 is 9.47 Å². The normalized spacial score (nSPS) is 17.5. The van der Waals surface area contributed by atoms with Crippen LogP contribution in [0, 0.1) is 0 Å². The van der Waals surface area contributed by atoms with Gasteiger partial charge in [0.25, 0.3) is 0 Å². The fourth-order valence-electron chi connectivity index (χ4n) is 3.39. The molecule has 1 aliphatic rings. The van der Waals surface area contributed by atoms with Crippen LogP contribution in [-0.2, 0) is 11.3 Å². The fourth-order valence-corrected chi connectivity index (χ4v) is 3.39. The molecule has 0 radical (unpaired) electrons. The van der Waals surface area contributed by atoms with Crippen LogP contribution in [0.5, 0.6) is 11.5 Å². The molecule has 0 saturated carbocycles. The van der Waals surface area contributed by atoms with Crippen molar-refractivity contribution in [1.82, 2.24) is 14.7 Å². The number of methoxy groups -OCH3 is 2. The summed E-state index contributed by atoms with van der Waals surface area (Å²) >= 11 is 0. The lowest BCUT2D eigenvalue weighted by Gasteiger charge is -2.24. The number of hydrogen-bond acceptors (Lipinski definition) is 7. The summed E-state index contributed by atoms with van der Waals surface area (Å²) in [6.45, 7) is 7.42. The first kappa shape index (κ1) is 22.9. The lowest BCUT2D eigenvalue weighted by molar-refractivity contribution is 0.0685. The minimum Gasteiger partial charge on any atom is -0.493 e. The van der Waals surface area contributed by atoms with Gasteiger partial charge < -0.3 is 24.2 Å². The molecule has 1 N–H and O–H groups in total. The zero-order chi connectivity index (χ0) is 20.4. The number of β-amino-alcohol motifs (C(OH)–C–C–N with tert-alkyl or cyclic N) is 1. The van der Waals surface area contributed by atoms with Gasteiger partial charge in [-0.3, -0.25) is 9.80 Å². The Morgan fingerprint density at radius 2 is 1.96 bits per heavy atom. The van der Waals surface area contributed by atoms with Crippen molar-refractivity contribution in [2.75, 3.05) is 80.8 Å². The molecule has 0 bridgehead atoms. The molecule has 1 aliphatic heterocycles. The molecule has 1 unspecified atom stereocenters. The average molecular weight is 396 g/mol. The molecule has 160 valence electrons. The van der Waals surface area contributed by atoms with Crippen molar-refractivity contribution in [1.29, 1.82) is 0 Å². The van der Waals surface area contributed by atoms with Crippen LogP contribution in [0.4, 0.5) is 0 Å². The van der Waals surface area contributed by atoms with E-state index in [4.69, 9.17) is 14.2 Å². The summed E-state index contributed by atoms with van der Waals surface area (Å²) < 4.78 is 16.5. The molecule has 1 aromatic carbocycles. The van der Waals surface area contributed by atoms with E-state index in [1.165, 1.54) is 0 Å². The first-order valence-corrected chi connectivity index (χ1v) is 10.1. The van der Waals surface area contributed by atoms with Crippen LogP contribution >= 0.6 is 0 Å². The van der Waals surface area contributed by atoms with Gasteiger partial charge in [-0.1, -0.05) is 6.07 Å². The van der Waals surface area contributed by atoms with E-state index in [-0.39, 0.29) is 6.61 Å². The van der Waals surface area contributed by atoms with E-state index in [1.807, 2.05) is 18.2 Å². The minimum atomic E-state index is -0.527. The highest BCUT2D eigenvalue weighted by Crippen LogP contribution is 2.28. The molecule has 1 fully saturated rings. The SMILES string of the molecule is COCCN(C)Cc1ccc(OC)c(OCC(O)CN2CCCN(C)CC2)c1. The molecule has 0 aliphatic carbocycles. The number of benzene rings is 1. The number of hydrogen-bond donors (Lipinski definition) is 1. The second-order valence-electron chi connectivity index (χ2n) is 7.64. The van der Waals surface area contributed by atoms with Crippen molar-refractivity contribution < 1.29 is 19.3 Å². The Kier molecular flexibility index (Phi) is 10.0. The van der Waals surface area contributed by atoms with E-state index in [9.17, 15) is 5.11 Å². The van der Waals surface area contributed by atoms with Gasteiger partial charge in [0.15, 0.2) is 11.5 Å². The lowest BCUT2D eigenvalue weighted by Crippen LogP contribution is -2.37. The van der Waals surface area contributed by atoms with Gasteiger partial charge in [-0.2, -0.15) is 0 Å². The predicted molar refractivity (Wildman–Crippen MR) is 111 cm³/mol. The minimum absolute atomic E-state index is 0.256. The predicted octanol–water partition coefficient (Wildman–Crippen LogP) is 1.15. The highest BCUT2D eigenvalue weighted by atomic mass is 16.5. The van der Waals surface area contributed by atoms with E-state index in [2.05, 4.69) is 28.8 Å². The van der Waals surface area contributed by atoms with Crippen molar-refractivity contribution >= 4 is 0 Å². The molecular weight excluding hydrogens is 358 g/mol. The maximum Gasteiger partial charge on any atom is 0.161 e. The molecule has 2 rings (SSSR count). The van der Waals surface area contributed by atoms with Gasteiger partial charge in [0.1, 0.15) is 12.7 Å². The number of aliphatic hydroxyl groups is 1. The van der Waals surface area contributed by atoms with E-state index in [0.29, 0.717) is 24.7 Å². The Bertz CT molecular complexity index is 573. The number of likely N-dealkylation sites (N-methyl/N-ethyl adjacent to an activating group) is 2. The second-order valence-corrected chi connectivity index (χ2v) is 7.64. The smallest absolute Gasteiger partial charge is 0.161 e. The molecule has 1 aromatic rings. The van der Waals surface area contributed by atoms with E-state index >= 15 is 0 Å². The summed E-state index contributed by atoms with van der Waals surface area (Å²) in [5, 5.41) is 10.5. The van der Waals surface area contributed by atoms with Gasteiger partial charge >= 0.3 is 0 Å². The Morgan fingerprint density at radius 1 is 1.14 bits per heavy atom. The summed E-state index contributed by atoms with van der Waals surface area (Å²) in [7, 11) is 7.56. The highest BCUT2D eigenvalue weighted by molar-refractivity contribution is 5.43. The third-order valence-electron chi connectivity index (χ3n) is 5.07. The molecule has 1 atom stereocenters. The molecule has 0 aromatic heterocycles.